The van der Waals surface area contributed by atoms with Crippen LogP contribution in [0, 0.1) is 0 Å². The Morgan fingerprint density at radius 3 is 0.750 bits per heavy atom. The van der Waals surface area contributed by atoms with Gasteiger partial charge in [0.1, 0.15) is 0 Å². The Bertz CT molecular complexity index is 89.6. The molecule has 0 bridgehead atoms. The first-order chi connectivity index (χ1) is 7.41. The van der Waals surface area contributed by atoms with Gasteiger partial charge in [0.15, 0.2) is 0 Å². The zero-order chi connectivity index (χ0) is 11.2. The molecule has 0 aliphatic heterocycles. The Morgan fingerprint density at radius 1 is 0.375 bits per heavy atom. The fourth-order valence-electron chi connectivity index (χ4n) is 2.09. The Labute approximate surface area is 110 Å². The van der Waals surface area contributed by atoms with Crippen molar-refractivity contribution in [2.45, 2.75) is 97.3 Å². The van der Waals surface area contributed by atoms with E-state index in [4.69, 9.17) is 0 Å². The molecule has 100 valence electrons. The van der Waals surface area contributed by atoms with Crippen LogP contribution in [0.3, 0.4) is 0 Å². The van der Waals surface area contributed by atoms with Crippen LogP contribution in [-0.4, -0.2) is 0 Å². The molecule has 0 aliphatic carbocycles. The summed E-state index contributed by atoms with van der Waals surface area (Å²) in [5.74, 6) is 0. The van der Waals surface area contributed by atoms with Crippen LogP contribution < -0.4 is 0 Å². The SMILES string of the molecule is CCCCCCCCCCCCCCC.Cl. The summed E-state index contributed by atoms with van der Waals surface area (Å²) in [6.07, 6.45) is 18.9. The molecule has 0 saturated carbocycles. The van der Waals surface area contributed by atoms with Crippen molar-refractivity contribution in [3.05, 3.63) is 0 Å². The van der Waals surface area contributed by atoms with E-state index in [0.29, 0.717) is 0 Å². The molecule has 0 rings (SSSR count). The normalized spacial score (nSPS) is 10.1. The highest BCUT2D eigenvalue weighted by Gasteiger charge is 1.92. The van der Waals surface area contributed by atoms with Crippen molar-refractivity contribution in [3.8, 4) is 0 Å². The molecule has 0 aliphatic rings. The minimum Gasteiger partial charge on any atom is -0.147 e. The van der Waals surface area contributed by atoms with Crippen molar-refractivity contribution in [2.24, 2.45) is 0 Å². The summed E-state index contributed by atoms with van der Waals surface area (Å²) in [6, 6.07) is 0. The van der Waals surface area contributed by atoms with Crippen LogP contribution in [0.4, 0.5) is 0 Å². The van der Waals surface area contributed by atoms with Crippen LogP contribution >= 0.6 is 12.4 Å². The van der Waals surface area contributed by atoms with E-state index in [-0.39, 0.29) is 12.4 Å². The monoisotopic (exact) mass is 248 g/mol. The molecule has 0 heterocycles. The zero-order valence-electron chi connectivity index (χ0n) is 11.6. The van der Waals surface area contributed by atoms with E-state index < -0.39 is 0 Å². The summed E-state index contributed by atoms with van der Waals surface area (Å²) >= 11 is 0. The third-order valence-corrected chi connectivity index (χ3v) is 3.21. The maximum absolute atomic E-state index is 2.29. The van der Waals surface area contributed by atoms with Gasteiger partial charge in [0.25, 0.3) is 0 Å². The first-order valence-corrected chi connectivity index (χ1v) is 7.41. The fraction of sp³-hybridized carbons (Fsp3) is 1.00. The summed E-state index contributed by atoms with van der Waals surface area (Å²) in [5, 5.41) is 0. The van der Waals surface area contributed by atoms with Gasteiger partial charge in [-0.1, -0.05) is 97.3 Å². The summed E-state index contributed by atoms with van der Waals surface area (Å²) < 4.78 is 0. The molecule has 0 nitrogen and oxygen atoms in total. The van der Waals surface area contributed by atoms with Crippen LogP contribution in [0.1, 0.15) is 97.3 Å². The molecule has 0 unspecified atom stereocenters. The maximum Gasteiger partial charge on any atom is -0.0533 e. The fourth-order valence-corrected chi connectivity index (χ4v) is 2.09. The average Bonchev–Trinajstić information content (AvgIpc) is 2.26. The van der Waals surface area contributed by atoms with Crippen LogP contribution in [0.25, 0.3) is 0 Å². The van der Waals surface area contributed by atoms with E-state index in [9.17, 15) is 0 Å². The molecular formula is C15H33Cl. The minimum atomic E-state index is 0. The lowest BCUT2D eigenvalue weighted by Crippen LogP contribution is -1.82. The molecule has 0 aromatic carbocycles. The zero-order valence-corrected chi connectivity index (χ0v) is 12.4. The highest BCUT2D eigenvalue weighted by Crippen LogP contribution is 2.12. The van der Waals surface area contributed by atoms with Gasteiger partial charge < -0.3 is 0 Å². The van der Waals surface area contributed by atoms with Gasteiger partial charge in [-0.25, -0.2) is 0 Å². The minimum absolute atomic E-state index is 0. The number of hydrogen-bond donors (Lipinski definition) is 0. The third-order valence-electron chi connectivity index (χ3n) is 3.21. The molecule has 16 heavy (non-hydrogen) atoms. The first kappa shape index (κ1) is 18.6. The van der Waals surface area contributed by atoms with Gasteiger partial charge in [-0.15, -0.1) is 12.4 Å². The lowest BCUT2D eigenvalue weighted by molar-refractivity contribution is 0.542. The van der Waals surface area contributed by atoms with Gasteiger partial charge in [0.05, 0.1) is 0 Å². The second-order valence-electron chi connectivity index (χ2n) is 4.89. The summed E-state index contributed by atoms with van der Waals surface area (Å²) in [6.45, 7) is 4.58. The predicted octanol–water partition coefficient (Wildman–Crippen LogP) is 6.52. The average molecular weight is 249 g/mol. The second kappa shape index (κ2) is 17.7. The van der Waals surface area contributed by atoms with Gasteiger partial charge in [-0.3, -0.25) is 0 Å². The van der Waals surface area contributed by atoms with Crippen molar-refractivity contribution >= 4 is 12.4 Å². The predicted molar refractivity (Wildman–Crippen MR) is 78.6 cm³/mol. The Balaban J connectivity index is 0. The molecule has 0 spiro atoms. The van der Waals surface area contributed by atoms with Gasteiger partial charge >= 0.3 is 0 Å². The molecule has 0 radical (unpaired) electrons. The molecular weight excluding hydrogens is 216 g/mol. The molecule has 0 amide bonds. The standard InChI is InChI=1S/C15H32.ClH/c1-3-5-7-9-11-13-15-14-12-10-8-6-4-2;/h3-15H2,1-2H3;1H. The smallest absolute Gasteiger partial charge is 0.0533 e. The van der Waals surface area contributed by atoms with E-state index in [1.54, 1.807) is 0 Å². The van der Waals surface area contributed by atoms with E-state index in [0.717, 1.165) is 0 Å². The number of halogens is 1. The van der Waals surface area contributed by atoms with E-state index in [1.165, 1.54) is 83.5 Å². The number of rotatable bonds is 12. The van der Waals surface area contributed by atoms with E-state index in [1.807, 2.05) is 0 Å². The molecule has 0 aromatic heterocycles. The molecule has 0 aromatic rings. The maximum atomic E-state index is 2.29. The van der Waals surface area contributed by atoms with Crippen LogP contribution in [-0.2, 0) is 0 Å². The van der Waals surface area contributed by atoms with Gasteiger partial charge in [0.2, 0.25) is 0 Å². The lowest BCUT2D eigenvalue weighted by atomic mass is 10.1. The summed E-state index contributed by atoms with van der Waals surface area (Å²) in [5.41, 5.74) is 0. The van der Waals surface area contributed by atoms with Gasteiger partial charge in [-0.05, 0) is 0 Å². The third kappa shape index (κ3) is 16.7. The second-order valence-corrected chi connectivity index (χ2v) is 4.89. The lowest BCUT2D eigenvalue weighted by Gasteiger charge is -2.01. The topological polar surface area (TPSA) is 0 Å². The van der Waals surface area contributed by atoms with Gasteiger partial charge in [-0.2, -0.15) is 0 Å². The summed E-state index contributed by atoms with van der Waals surface area (Å²) in [4.78, 5) is 0. The Kier molecular flexibility index (Phi) is 20.6. The Hall–Kier alpha value is 0.290. The number of unbranched alkanes of at least 4 members (excludes halogenated alkanes) is 12. The highest BCUT2D eigenvalue weighted by atomic mass is 35.5. The van der Waals surface area contributed by atoms with E-state index >= 15 is 0 Å². The first-order valence-electron chi connectivity index (χ1n) is 7.41. The van der Waals surface area contributed by atoms with Crippen LogP contribution in [0.5, 0.6) is 0 Å². The largest absolute Gasteiger partial charge is 0.147 e. The van der Waals surface area contributed by atoms with Crippen LogP contribution in [0.2, 0.25) is 0 Å². The van der Waals surface area contributed by atoms with E-state index in [2.05, 4.69) is 13.8 Å². The van der Waals surface area contributed by atoms with Crippen molar-refractivity contribution in [2.75, 3.05) is 0 Å². The Morgan fingerprint density at radius 2 is 0.562 bits per heavy atom. The van der Waals surface area contributed by atoms with Crippen molar-refractivity contribution in [1.29, 1.82) is 0 Å². The van der Waals surface area contributed by atoms with Crippen LogP contribution in [0.15, 0.2) is 0 Å². The summed E-state index contributed by atoms with van der Waals surface area (Å²) in [7, 11) is 0. The van der Waals surface area contributed by atoms with Crippen molar-refractivity contribution in [1.82, 2.24) is 0 Å². The van der Waals surface area contributed by atoms with Crippen molar-refractivity contribution < 1.29 is 0 Å². The quantitative estimate of drug-likeness (QED) is 0.345. The molecule has 0 fully saturated rings. The highest BCUT2D eigenvalue weighted by molar-refractivity contribution is 5.85. The molecule has 0 atom stereocenters. The molecule has 0 saturated heterocycles. The molecule has 0 N–H and O–H groups in total. The molecule has 1 heteroatoms. The number of hydrogen-bond acceptors (Lipinski definition) is 0. The van der Waals surface area contributed by atoms with Crippen molar-refractivity contribution in [3.63, 3.8) is 0 Å². The van der Waals surface area contributed by atoms with Gasteiger partial charge in [0, 0.05) is 0 Å².